The Balaban J connectivity index is 1.75. The number of fused-ring (bicyclic) bond motifs is 1. The predicted molar refractivity (Wildman–Crippen MR) is 108 cm³/mol. The molecule has 9 nitrogen and oxygen atoms in total. The second kappa shape index (κ2) is 8.58. The van der Waals surface area contributed by atoms with Gasteiger partial charge in [-0.25, -0.2) is 4.79 Å². The Kier molecular flexibility index (Phi) is 6.53. The quantitative estimate of drug-likeness (QED) is 0.472. The molecule has 0 radical (unpaired) electrons. The molecule has 2 fully saturated rings. The number of likely N-dealkylation sites (N-methyl/N-ethyl adjacent to an activating group) is 1. The maximum atomic E-state index is 12.7. The third-order valence-corrected chi connectivity index (χ3v) is 7.58. The summed E-state index contributed by atoms with van der Waals surface area (Å²) in [5.74, 6) is -5.57. The van der Waals surface area contributed by atoms with Crippen molar-refractivity contribution >= 4 is 35.5 Å². The number of carbonyl (C=O) groups excluding carboxylic acids is 3. The third-order valence-electron chi connectivity index (χ3n) is 6.07. The first-order valence-corrected chi connectivity index (χ1v) is 10.9. The van der Waals surface area contributed by atoms with Crippen LogP contribution < -0.4 is 10.6 Å². The normalized spacial score (nSPS) is 30.7. The summed E-state index contributed by atoms with van der Waals surface area (Å²) in [6, 6.07) is -2.17. The van der Waals surface area contributed by atoms with Crippen LogP contribution in [-0.4, -0.2) is 88.8 Å². The van der Waals surface area contributed by atoms with Crippen molar-refractivity contribution in [2.24, 2.45) is 11.8 Å². The first kappa shape index (κ1) is 24.4. The van der Waals surface area contributed by atoms with Gasteiger partial charge in [0.1, 0.15) is 5.70 Å². The highest BCUT2D eigenvalue weighted by molar-refractivity contribution is 8.03. The van der Waals surface area contributed by atoms with Crippen LogP contribution in [0.25, 0.3) is 0 Å². The number of hydrogen-bond acceptors (Lipinski definition) is 6. The van der Waals surface area contributed by atoms with Crippen LogP contribution in [0.1, 0.15) is 20.3 Å². The molecular weight excluding hydrogens is 453 g/mol. The average molecular weight is 478 g/mol. The molecule has 0 aromatic heterocycles. The van der Waals surface area contributed by atoms with E-state index in [-0.39, 0.29) is 16.9 Å². The molecule has 3 aliphatic rings. The van der Waals surface area contributed by atoms with Crippen LogP contribution in [0.5, 0.6) is 0 Å². The smallest absolute Gasteiger partial charge is 0.471 e. The van der Waals surface area contributed by atoms with E-state index >= 15 is 0 Å². The van der Waals surface area contributed by atoms with E-state index in [0.717, 1.165) is 4.90 Å². The Morgan fingerprint density at radius 3 is 2.47 bits per heavy atom. The van der Waals surface area contributed by atoms with Gasteiger partial charge in [0.15, 0.2) is 0 Å². The first-order valence-electron chi connectivity index (χ1n) is 10.0. The number of carbonyl (C=O) groups is 4. The van der Waals surface area contributed by atoms with E-state index in [1.165, 1.54) is 23.6 Å². The van der Waals surface area contributed by atoms with Gasteiger partial charge in [-0.05, 0) is 13.3 Å². The number of rotatable bonds is 6. The Hall–Kier alpha value is -2.28. The molecule has 3 N–H and O–H groups in total. The number of nitrogens with zero attached hydrogens (tertiary/aromatic N) is 2. The lowest BCUT2D eigenvalue weighted by Crippen LogP contribution is -2.66. The molecule has 0 aliphatic carbocycles. The lowest BCUT2D eigenvalue weighted by atomic mass is 9.78. The van der Waals surface area contributed by atoms with Gasteiger partial charge in [0.25, 0.3) is 0 Å². The van der Waals surface area contributed by atoms with Crippen molar-refractivity contribution in [1.29, 1.82) is 0 Å². The van der Waals surface area contributed by atoms with Crippen molar-refractivity contribution in [2.75, 3.05) is 20.6 Å². The lowest BCUT2D eigenvalue weighted by Gasteiger charge is -2.47. The number of aliphatic carboxylic acids is 1. The van der Waals surface area contributed by atoms with Gasteiger partial charge in [-0.15, -0.1) is 11.8 Å². The van der Waals surface area contributed by atoms with E-state index in [0.29, 0.717) is 17.9 Å². The summed E-state index contributed by atoms with van der Waals surface area (Å²) < 4.78 is 37.8. The SMILES string of the molecule is CC(NC(=O)C(F)(F)F)[C@H]1C(=O)N2C(C(=O)O)=C(S[C@@H]3CN[C@H](C(=O)N(C)C)C3)[C@H](C)[C@H]12. The third kappa shape index (κ3) is 4.19. The van der Waals surface area contributed by atoms with Crippen LogP contribution >= 0.6 is 11.8 Å². The Labute approximate surface area is 186 Å². The lowest BCUT2D eigenvalue weighted by molar-refractivity contribution is -0.176. The van der Waals surface area contributed by atoms with Crippen molar-refractivity contribution in [3.8, 4) is 0 Å². The molecule has 2 saturated heterocycles. The topological polar surface area (TPSA) is 119 Å². The summed E-state index contributed by atoms with van der Waals surface area (Å²) in [5.41, 5.74) is -0.175. The maximum Gasteiger partial charge on any atom is 0.471 e. The van der Waals surface area contributed by atoms with Gasteiger partial charge in [0.05, 0.1) is 18.0 Å². The van der Waals surface area contributed by atoms with Crippen molar-refractivity contribution in [2.45, 2.75) is 49.8 Å². The van der Waals surface area contributed by atoms with Crippen LogP contribution in [-0.2, 0) is 19.2 Å². The van der Waals surface area contributed by atoms with E-state index in [2.05, 4.69) is 5.32 Å². The van der Waals surface area contributed by atoms with Crippen molar-refractivity contribution in [1.82, 2.24) is 20.4 Å². The molecule has 3 rings (SSSR count). The molecule has 3 heterocycles. The highest BCUT2D eigenvalue weighted by Crippen LogP contribution is 2.51. The zero-order chi connectivity index (χ0) is 24.1. The zero-order valence-corrected chi connectivity index (χ0v) is 18.7. The fourth-order valence-corrected chi connectivity index (χ4v) is 6.03. The summed E-state index contributed by atoms with van der Waals surface area (Å²) >= 11 is 1.28. The molecule has 3 amide bonds. The number of thioether (sulfide) groups is 1. The van der Waals surface area contributed by atoms with Gasteiger partial charge in [0.2, 0.25) is 11.8 Å². The van der Waals surface area contributed by atoms with E-state index in [4.69, 9.17) is 0 Å². The molecule has 1 unspecified atom stereocenters. The van der Waals surface area contributed by atoms with Crippen molar-refractivity contribution in [3.05, 3.63) is 10.6 Å². The Morgan fingerprint density at radius 2 is 1.94 bits per heavy atom. The predicted octanol–water partition coefficient (Wildman–Crippen LogP) is 0.378. The molecule has 0 aromatic rings. The molecule has 13 heteroatoms. The maximum absolute atomic E-state index is 12.7. The number of hydrogen-bond donors (Lipinski definition) is 3. The minimum atomic E-state index is -5.08. The molecule has 6 atom stereocenters. The summed E-state index contributed by atoms with van der Waals surface area (Å²) in [5, 5.41) is 14.6. The Morgan fingerprint density at radius 1 is 1.31 bits per heavy atom. The summed E-state index contributed by atoms with van der Waals surface area (Å²) in [7, 11) is 3.29. The number of carboxylic acid groups (broad SMARTS) is 1. The summed E-state index contributed by atoms with van der Waals surface area (Å²) in [4.78, 5) is 51.2. The van der Waals surface area contributed by atoms with Gasteiger partial charge in [0, 0.05) is 42.8 Å². The second-order valence-electron chi connectivity index (χ2n) is 8.46. The largest absolute Gasteiger partial charge is 0.477 e. The van der Waals surface area contributed by atoms with Crippen molar-refractivity contribution in [3.63, 3.8) is 0 Å². The van der Waals surface area contributed by atoms with Gasteiger partial charge >= 0.3 is 18.1 Å². The second-order valence-corrected chi connectivity index (χ2v) is 9.80. The summed E-state index contributed by atoms with van der Waals surface area (Å²) in [6.45, 7) is 3.50. The number of carboxylic acids is 1. The Bertz CT molecular complexity index is 878. The first-order chi connectivity index (χ1) is 14.8. The highest BCUT2D eigenvalue weighted by Gasteiger charge is 2.61. The van der Waals surface area contributed by atoms with Crippen LogP contribution in [0, 0.1) is 11.8 Å². The molecule has 0 saturated carbocycles. The standard InChI is InChI=1S/C19H25F3N4O5S/c1-7-12-11(8(2)24-18(31)19(20,21)22)16(28)26(12)13(17(29)30)14(7)32-9-5-10(23-6-9)15(27)25(3)4/h7-12,23H,5-6H2,1-4H3,(H,24,31)(H,29,30)/t7-,8?,9+,10+,11-,12-/m1/s1. The molecule has 0 bridgehead atoms. The number of amides is 3. The van der Waals surface area contributed by atoms with Crippen LogP contribution in [0.4, 0.5) is 13.2 Å². The fourth-order valence-electron chi connectivity index (χ4n) is 4.55. The average Bonchev–Trinajstić information content (AvgIpc) is 3.22. The van der Waals surface area contributed by atoms with Gasteiger partial charge in [-0.2, -0.15) is 13.2 Å². The number of β-lactam (4-membered cyclic amide) rings is 1. The van der Waals surface area contributed by atoms with Crippen molar-refractivity contribution < 1.29 is 37.5 Å². The highest BCUT2D eigenvalue weighted by atomic mass is 32.2. The molecule has 0 aromatic carbocycles. The van der Waals surface area contributed by atoms with Gasteiger partial charge in [-0.1, -0.05) is 6.92 Å². The minimum Gasteiger partial charge on any atom is -0.477 e. The molecular formula is C19H25F3N4O5S. The van der Waals surface area contributed by atoms with Gasteiger partial charge < -0.3 is 25.5 Å². The molecule has 178 valence electrons. The monoisotopic (exact) mass is 478 g/mol. The fraction of sp³-hybridized carbons (Fsp3) is 0.684. The van der Waals surface area contributed by atoms with E-state index in [9.17, 15) is 37.5 Å². The van der Waals surface area contributed by atoms with E-state index in [1.807, 2.05) is 5.32 Å². The van der Waals surface area contributed by atoms with E-state index < -0.39 is 53.9 Å². The van der Waals surface area contributed by atoms with Crippen LogP contribution in [0.15, 0.2) is 10.6 Å². The van der Waals surface area contributed by atoms with Gasteiger partial charge in [-0.3, -0.25) is 14.4 Å². The zero-order valence-electron chi connectivity index (χ0n) is 17.9. The van der Waals surface area contributed by atoms with Crippen LogP contribution in [0.2, 0.25) is 0 Å². The minimum absolute atomic E-state index is 0.0895. The summed E-state index contributed by atoms with van der Waals surface area (Å²) in [6.07, 6.45) is -4.60. The van der Waals surface area contributed by atoms with Crippen LogP contribution in [0.3, 0.4) is 0 Å². The molecule has 3 aliphatic heterocycles. The number of alkyl halides is 3. The molecule has 32 heavy (non-hydrogen) atoms. The molecule has 0 spiro atoms. The number of nitrogens with one attached hydrogen (secondary N) is 2. The number of halogens is 3. The van der Waals surface area contributed by atoms with E-state index in [1.54, 1.807) is 21.0 Å².